The van der Waals surface area contributed by atoms with Crippen molar-refractivity contribution in [2.45, 2.75) is 38.8 Å². The number of anilines is 1. The van der Waals surface area contributed by atoms with Gasteiger partial charge < -0.3 is 9.47 Å². The van der Waals surface area contributed by atoms with Gasteiger partial charge in [-0.25, -0.2) is 9.02 Å². The zero-order valence-electron chi connectivity index (χ0n) is 21.5. The van der Waals surface area contributed by atoms with Gasteiger partial charge in [0.25, 0.3) is 0 Å². The van der Waals surface area contributed by atoms with Gasteiger partial charge in [0.2, 0.25) is 11.3 Å². The number of aldehydes is 1. The van der Waals surface area contributed by atoms with Gasteiger partial charge in [-0.1, -0.05) is 49.2 Å². The number of nitro groups is 1. The lowest BCUT2D eigenvalue weighted by molar-refractivity contribution is -0.383. The number of nitro benzene ring substituents is 1. The van der Waals surface area contributed by atoms with Crippen LogP contribution in [0.1, 0.15) is 41.7 Å². The van der Waals surface area contributed by atoms with Crippen LogP contribution >= 0.6 is 0 Å². The normalized spacial score (nSPS) is 11.2. The molecule has 0 unspecified atom stereocenters. The summed E-state index contributed by atoms with van der Waals surface area (Å²) in [5.41, 5.74) is 2.11. The molecule has 0 saturated carbocycles. The Morgan fingerprint density at radius 2 is 1.75 bits per heavy atom. The molecule has 0 aliphatic heterocycles. The molecule has 0 radical (unpaired) electrons. The van der Waals surface area contributed by atoms with Gasteiger partial charge >= 0.3 is 5.69 Å². The predicted octanol–water partition coefficient (Wildman–Crippen LogP) is 5.87. The lowest BCUT2D eigenvalue weighted by Gasteiger charge is -2.25. The lowest BCUT2D eigenvalue weighted by atomic mass is 10.1. The molecular formula is C29H26FN5O5. The summed E-state index contributed by atoms with van der Waals surface area (Å²) in [4.78, 5) is 36.4. The van der Waals surface area contributed by atoms with Crippen molar-refractivity contribution in [2.75, 3.05) is 11.4 Å². The Labute approximate surface area is 228 Å². The maximum atomic E-state index is 13.5. The summed E-state index contributed by atoms with van der Waals surface area (Å²) >= 11 is 0. The maximum Gasteiger partial charge on any atom is 0.300 e. The van der Waals surface area contributed by atoms with Crippen LogP contribution in [-0.4, -0.2) is 38.4 Å². The van der Waals surface area contributed by atoms with Crippen LogP contribution in [0, 0.1) is 15.9 Å². The van der Waals surface area contributed by atoms with Crippen LogP contribution in [0.2, 0.25) is 0 Å². The Hall–Kier alpha value is -4.93. The fraction of sp³-hybridized carbons (Fsp3) is 0.241. The highest BCUT2D eigenvalue weighted by molar-refractivity contribution is 6.35. The number of aryl methyl sites for hydroxylation is 1. The Morgan fingerprint density at radius 1 is 1.00 bits per heavy atom. The minimum Gasteiger partial charge on any atom is -0.365 e. The molecule has 5 rings (SSSR count). The first kappa shape index (κ1) is 26.7. The Kier molecular flexibility index (Phi) is 7.90. The Morgan fingerprint density at radius 3 is 2.52 bits per heavy atom. The minimum atomic E-state index is -0.533. The topological polar surface area (TPSA) is 124 Å². The van der Waals surface area contributed by atoms with Gasteiger partial charge in [0.05, 0.1) is 10.6 Å². The Bertz CT molecular complexity index is 1680. The zero-order valence-corrected chi connectivity index (χ0v) is 21.5. The molecule has 0 amide bonds. The SMILES string of the molecule is O=CC(=O)c1c2ccccc2cn1CCCCCCN(Cc1ccc(F)cc1)c1ccc([N+](=O)[O-])c2nonc12. The molecule has 2 aromatic heterocycles. The highest BCUT2D eigenvalue weighted by Crippen LogP contribution is 2.32. The largest absolute Gasteiger partial charge is 0.365 e. The number of non-ortho nitro benzene ring substituents is 1. The number of unbranched alkanes of at least 4 members (excludes halogenated alkanes) is 3. The molecule has 204 valence electrons. The van der Waals surface area contributed by atoms with E-state index < -0.39 is 10.7 Å². The number of carbonyl (C=O) groups excluding carboxylic acids is 2. The second-order valence-corrected chi connectivity index (χ2v) is 9.53. The number of halogens is 1. The number of carbonyl (C=O) groups is 2. The van der Waals surface area contributed by atoms with Crippen LogP contribution in [0.3, 0.4) is 0 Å². The molecule has 0 aliphatic carbocycles. The van der Waals surface area contributed by atoms with E-state index >= 15 is 0 Å². The highest BCUT2D eigenvalue weighted by atomic mass is 19.1. The van der Waals surface area contributed by atoms with Crippen LogP contribution in [0.5, 0.6) is 0 Å². The summed E-state index contributed by atoms with van der Waals surface area (Å²) in [6.45, 7) is 1.66. The molecule has 40 heavy (non-hydrogen) atoms. The van der Waals surface area contributed by atoms with Crippen molar-refractivity contribution in [1.29, 1.82) is 0 Å². The van der Waals surface area contributed by atoms with Gasteiger partial charge in [-0.2, -0.15) is 0 Å². The number of hydrogen-bond donors (Lipinski definition) is 0. The second kappa shape index (κ2) is 11.9. The van der Waals surface area contributed by atoms with Gasteiger partial charge in [0, 0.05) is 42.7 Å². The third-order valence-corrected chi connectivity index (χ3v) is 6.91. The molecule has 0 saturated heterocycles. The summed E-state index contributed by atoms with van der Waals surface area (Å²) in [6.07, 6.45) is 5.64. The summed E-state index contributed by atoms with van der Waals surface area (Å²) in [5.74, 6) is -0.864. The highest BCUT2D eigenvalue weighted by Gasteiger charge is 2.23. The van der Waals surface area contributed by atoms with Crippen LogP contribution in [0.4, 0.5) is 15.8 Å². The van der Waals surface area contributed by atoms with E-state index in [1.807, 2.05) is 39.9 Å². The van der Waals surface area contributed by atoms with Crippen LogP contribution in [0.25, 0.3) is 21.8 Å². The number of rotatable bonds is 13. The number of benzene rings is 3. The molecular weight excluding hydrogens is 517 g/mol. The molecule has 0 spiro atoms. The molecule has 10 nitrogen and oxygen atoms in total. The quantitative estimate of drug-likeness (QED) is 0.0451. The third-order valence-electron chi connectivity index (χ3n) is 6.91. The van der Waals surface area contributed by atoms with Crippen molar-refractivity contribution >= 4 is 45.3 Å². The van der Waals surface area contributed by atoms with Gasteiger partial charge in [-0.05, 0) is 46.9 Å². The average molecular weight is 544 g/mol. The van der Waals surface area contributed by atoms with E-state index in [4.69, 9.17) is 4.63 Å². The maximum absolute atomic E-state index is 13.5. The smallest absolute Gasteiger partial charge is 0.300 e. The van der Waals surface area contributed by atoms with E-state index in [1.54, 1.807) is 18.2 Å². The molecule has 0 aliphatic rings. The van der Waals surface area contributed by atoms with Crippen LogP contribution in [0.15, 0.2) is 71.5 Å². The number of nitrogens with zero attached hydrogens (tertiary/aromatic N) is 5. The molecule has 0 N–H and O–H groups in total. The van der Waals surface area contributed by atoms with Crippen molar-refractivity contribution in [2.24, 2.45) is 0 Å². The first-order chi connectivity index (χ1) is 19.5. The number of aromatic nitrogens is 3. The number of ketones is 1. The van der Waals surface area contributed by atoms with Crippen molar-refractivity contribution < 1.29 is 23.5 Å². The van der Waals surface area contributed by atoms with E-state index in [0.717, 1.165) is 42.0 Å². The molecule has 11 heteroatoms. The van der Waals surface area contributed by atoms with E-state index in [0.29, 0.717) is 42.8 Å². The average Bonchev–Trinajstić information content (AvgIpc) is 3.59. The summed E-state index contributed by atoms with van der Waals surface area (Å²) < 4.78 is 20.2. The van der Waals surface area contributed by atoms with Crippen LogP contribution in [-0.2, 0) is 17.9 Å². The van der Waals surface area contributed by atoms with Gasteiger partial charge in [0.1, 0.15) is 11.5 Å². The molecule has 0 fully saturated rings. The van der Waals surface area contributed by atoms with Crippen LogP contribution < -0.4 is 4.90 Å². The molecule has 0 atom stereocenters. The lowest BCUT2D eigenvalue weighted by Crippen LogP contribution is -2.24. The summed E-state index contributed by atoms with van der Waals surface area (Å²) in [7, 11) is 0. The Balaban J connectivity index is 1.26. The summed E-state index contributed by atoms with van der Waals surface area (Å²) in [5, 5.41) is 20.8. The van der Waals surface area contributed by atoms with E-state index in [1.165, 1.54) is 18.2 Å². The molecule has 5 aromatic rings. The van der Waals surface area contributed by atoms with Gasteiger partial charge in [0.15, 0.2) is 11.8 Å². The third kappa shape index (κ3) is 5.58. The van der Waals surface area contributed by atoms with E-state index in [9.17, 15) is 24.1 Å². The van der Waals surface area contributed by atoms with E-state index in [-0.39, 0.29) is 17.0 Å². The monoisotopic (exact) mass is 543 g/mol. The number of hydrogen-bond acceptors (Lipinski definition) is 8. The first-order valence-electron chi connectivity index (χ1n) is 12.9. The van der Waals surface area contributed by atoms with Gasteiger partial charge in [-0.3, -0.25) is 19.7 Å². The fourth-order valence-electron chi connectivity index (χ4n) is 4.99. The minimum absolute atomic E-state index is 0.0754. The van der Waals surface area contributed by atoms with Gasteiger partial charge in [-0.15, -0.1) is 0 Å². The zero-order chi connectivity index (χ0) is 28.1. The summed E-state index contributed by atoms with van der Waals surface area (Å²) in [6, 6.07) is 16.7. The molecule has 2 heterocycles. The standard InChI is InChI=1S/C29H26FN5O5/c30-22-11-9-20(10-12-22)17-33(24-13-14-25(35(38)39)28-27(24)31-40-32-28)15-5-1-2-6-16-34-18-21-7-3-4-8-23(21)29(34)26(37)19-36/h3-4,7-14,18-19H,1-2,5-6,15-17H2. The van der Waals surface area contributed by atoms with Crippen molar-refractivity contribution in [3.63, 3.8) is 0 Å². The number of Topliss-reactive ketones (excluding diaryl/α,β-unsaturated/α-hetero) is 1. The second-order valence-electron chi connectivity index (χ2n) is 9.53. The van der Waals surface area contributed by atoms with E-state index in [2.05, 4.69) is 10.3 Å². The predicted molar refractivity (Wildman–Crippen MR) is 147 cm³/mol. The fourth-order valence-corrected chi connectivity index (χ4v) is 4.99. The molecule has 0 bridgehead atoms. The first-order valence-corrected chi connectivity index (χ1v) is 12.9. The number of fused-ring (bicyclic) bond motifs is 2. The molecule has 3 aromatic carbocycles. The van der Waals surface area contributed by atoms with Crippen molar-refractivity contribution in [1.82, 2.24) is 14.9 Å². The van der Waals surface area contributed by atoms with Crippen molar-refractivity contribution in [3.8, 4) is 0 Å². The van der Waals surface area contributed by atoms with Crippen molar-refractivity contribution in [3.05, 3.63) is 94.0 Å².